The molecule has 1 saturated heterocycles. The number of rotatable bonds is 9. The Morgan fingerprint density at radius 2 is 1.76 bits per heavy atom. The molecule has 1 heterocycles. The van der Waals surface area contributed by atoms with Crippen LogP contribution in [-0.2, 0) is 21.4 Å². The number of carbonyl (C=O) groups is 2. The molecule has 8 nitrogen and oxygen atoms in total. The zero-order chi connectivity index (χ0) is 27.3. The van der Waals surface area contributed by atoms with Crippen LogP contribution in [0.1, 0.15) is 42.3 Å². The van der Waals surface area contributed by atoms with Crippen LogP contribution in [0.15, 0.2) is 48.5 Å². The van der Waals surface area contributed by atoms with Gasteiger partial charge in [-0.25, -0.2) is 0 Å². The molecular weight excluding hydrogens is 482 g/mol. The highest BCUT2D eigenvalue weighted by Gasteiger charge is 2.23. The van der Waals surface area contributed by atoms with Gasteiger partial charge < -0.3 is 25.3 Å². The molecule has 0 radical (unpaired) electrons. The third kappa shape index (κ3) is 6.44. The molecule has 3 aromatic carbocycles. The van der Waals surface area contributed by atoms with Gasteiger partial charge in [0.25, 0.3) is 5.91 Å². The van der Waals surface area contributed by atoms with Crippen LogP contribution in [0.5, 0.6) is 11.5 Å². The van der Waals surface area contributed by atoms with Gasteiger partial charge in [-0.05, 0) is 40.1 Å². The molecule has 1 aliphatic heterocycles. The molecule has 1 aliphatic rings. The summed E-state index contributed by atoms with van der Waals surface area (Å²) in [6, 6.07) is 15.4. The molecule has 0 aromatic heterocycles. The van der Waals surface area contributed by atoms with Crippen molar-refractivity contribution in [3.8, 4) is 11.5 Å². The SMILES string of the molecule is COc1c(NC(=O)Cc2ccc(OCCN3CCOCC3)c3ccccc23)cc(C(C)(C)C)cc1C(N)=O. The monoisotopic (exact) mass is 519 g/mol. The van der Waals surface area contributed by atoms with Gasteiger partial charge in [0.2, 0.25) is 5.91 Å². The minimum atomic E-state index is -0.612. The number of ether oxygens (including phenoxy) is 3. The molecular formula is C30H37N3O5. The van der Waals surface area contributed by atoms with Crippen LogP contribution in [0.2, 0.25) is 0 Å². The first-order valence-corrected chi connectivity index (χ1v) is 12.9. The molecule has 202 valence electrons. The van der Waals surface area contributed by atoms with Gasteiger partial charge in [0.05, 0.1) is 38.0 Å². The number of carbonyl (C=O) groups excluding carboxylic acids is 2. The Kier molecular flexibility index (Phi) is 8.54. The van der Waals surface area contributed by atoms with Crippen LogP contribution in [0.3, 0.4) is 0 Å². The maximum absolute atomic E-state index is 13.2. The summed E-state index contributed by atoms with van der Waals surface area (Å²) in [4.78, 5) is 27.7. The van der Waals surface area contributed by atoms with Gasteiger partial charge in [0.15, 0.2) is 5.75 Å². The van der Waals surface area contributed by atoms with Crippen LogP contribution in [-0.4, -0.2) is 63.3 Å². The van der Waals surface area contributed by atoms with Crippen molar-refractivity contribution in [2.45, 2.75) is 32.6 Å². The Morgan fingerprint density at radius 3 is 2.42 bits per heavy atom. The van der Waals surface area contributed by atoms with E-state index in [4.69, 9.17) is 19.9 Å². The number of anilines is 1. The maximum Gasteiger partial charge on any atom is 0.252 e. The van der Waals surface area contributed by atoms with E-state index < -0.39 is 5.91 Å². The molecule has 4 rings (SSSR count). The predicted molar refractivity (Wildman–Crippen MR) is 149 cm³/mol. The Morgan fingerprint density at radius 1 is 1.05 bits per heavy atom. The zero-order valence-corrected chi connectivity index (χ0v) is 22.6. The van der Waals surface area contributed by atoms with Gasteiger partial charge in [-0.3, -0.25) is 14.5 Å². The third-order valence-corrected chi connectivity index (χ3v) is 6.79. The Bertz CT molecular complexity index is 1310. The number of nitrogens with one attached hydrogen (secondary N) is 1. The van der Waals surface area contributed by atoms with E-state index in [0.29, 0.717) is 12.3 Å². The van der Waals surface area contributed by atoms with Crippen molar-refractivity contribution < 1.29 is 23.8 Å². The number of methoxy groups -OCH3 is 1. The number of fused-ring (bicyclic) bond motifs is 1. The van der Waals surface area contributed by atoms with Gasteiger partial charge in [-0.1, -0.05) is 51.1 Å². The second kappa shape index (κ2) is 11.8. The summed E-state index contributed by atoms with van der Waals surface area (Å²) in [6.45, 7) is 10.9. The highest BCUT2D eigenvalue weighted by Crippen LogP contribution is 2.35. The van der Waals surface area contributed by atoms with Crippen molar-refractivity contribution in [3.63, 3.8) is 0 Å². The van der Waals surface area contributed by atoms with Crippen molar-refractivity contribution in [1.82, 2.24) is 4.90 Å². The van der Waals surface area contributed by atoms with Gasteiger partial charge >= 0.3 is 0 Å². The molecule has 3 N–H and O–H groups in total. The number of nitrogens with zero attached hydrogens (tertiary/aromatic N) is 1. The number of primary amides is 1. The Labute approximate surface area is 224 Å². The fourth-order valence-corrected chi connectivity index (χ4v) is 4.65. The van der Waals surface area contributed by atoms with E-state index >= 15 is 0 Å². The van der Waals surface area contributed by atoms with E-state index in [1.807, 2.05) is 63.2 Å². The molecule has 0 aliphatic carbocycles. The molecule has 8 heteroatoms. The summed E-state index contributed by atoms with van der Waals surface area (Å²) >= 11 is 0. The molecule has 1 fully saturated rings. The van der Waals surface area contributed by atoms with E-state index in [-0.39, 0.29) is 29.1 Å². The largest absolute Gasteiger partial charge is 0.494 e. The fraction of sp³-hybridized carbons (Fsp3) is 0.400. The lowest BCUT2D eigenvalue weighted by Crippen LogP contribution is -2.38. The van der Waals surface area contributed by atoms with Gasteiger partial charge in [-0.15, -0.1) is 0 Å². The average molecular weight is 520 g/mol. The van der Waals surface area contributed by atoms with Crippen LogP contribution < -0.4 is 20.5 Å². The lowest BCUT2D eigenvalue weighted by atomic mass is 9.85. The smallest absolute Gasteiger partial charge is 0.252 e. The summed E-state index contributed by atoms with van der Waals surface area (Å²) in [5.41, 5.74) is 7.77. The molecule has 0 atom stereocenters. The summed E-state index contributed by atoms with van der Waals surface area (Å²) in [5.74, 6) is 0.214. The van der Waals surface area contributed by atoms with E-state index in [1.54, 1.807) is 6.07 Å². The Hall–Kier alpha value is -3.62. The van der Waals surface area contributed by atoms with Crippen LogP contribution in [0, 0.1) is 0 Å². The molecule has 38 heavy (non-hydrogen) atoms. The minimum absolute atomic E-state index is 0.142. The molecule has 2 amide bonds. The van der Waals surface area contributed by atoms with Crippen molar-refractivity contribution >= 4 is 28.3 Å². The number of hydrogen-bond donors (Lipinski definition) is 2. The summed E-state index contributed by atoms with van der Waals surface area (Å²) in [5, 5.41) is 4.87. The highest BCUT2D eigenvalue weighted by molar-refractivity contribution is 6.02. The third-order valence-electron chi connectivity index (χ3n) is 6.79. The van der Waals surface area contributed by atoms with Gasteiger partial charge in [0, 0.05) is 25.0 Å². The van der Waals surface area contributed by atoms with E-state index in [9.17, 15) is 9.59 Å². The summed E-state index contributed by atoms with van der Waals surface area (Å²) < 4.78 is 17.0. The lowest BCUT2D eigenvalue weighted by Gasteiger charge is -2.26. The van der Waals surface area contributed by atoms with Gasteiger partial charge in [-0.2, -0.15) is 0 Å². The second-order valence-electron chi connectivity index (χ2n) is 10.5. The highest BCUT2D eigenvalue weighted by atomic mass is 16.5. The van der Waals surface area contributed by atoms with Crippen molar-refractivity contribution in [1.29, 1.82) is 0 Å². The minimum Gasteiger partial charge on any atom is -0.494 e. The van der Waals surface area contributed by atoms with Gasteiger partial charge in [0.1, 0.15) is 12.4 Å². The van der Waals surface area contributed by atoms with Crippen LogP contribution in [0.25, 0.3) is 10.8 Å². The first-order valence-electron chi connectivity index (χ1n) is 12.9. The standard InChI is InChI=1S/C30H37N3O5/c1-30(2,3)21-18-24(29(31)35)28(36-4)25(19-21)32-27(34)17-20-9-10-26(23-8-6-5-7-22(20)23)38-16-13-33-11-14-37-15-12-33/h5-10,18-19H,11-17H2,1-4H3,(H2,31,35)(H,32,34). The molecule has 0 unspecified atom stereocenters. The number of morpholine rings is 1. The topological polar surface area (TPSA) is 103 Å². The molecule has 0 saturated carbocycles. The number of nitrogens with two attached hydrogens (primary N) is 1. The average Bonchev–Trinajstić information content (AvgIpc) is 2.89. The molecule has 0 spiro atoms. The number of amides is 2. The fourth-order valence-electron chi connectivity index (χ4n) is 4.65. The quantitative estimate of drug-likeness (QED) is 0.441. The van der Waals surface area contributed by atoms with Crippen molar-refractivity contribution in [2.75, 3.05) is 51.9 Å². The Balaban J connectivity index is 1.54. The first kappa shape index (κ1) is 27.4. The lowest BCUT2D eigenvalue weighted by molar-refractivity contribution is -0.115. The number of hydrogen-bond acceptors (Lipinski definition) is 6. The predicted octanol–water partition coefficient (Wildman–Crippen LogP) is 4.14. The van der Waals surface area contributed by atoms with Crippen LogP contribution in [0.4, 0.5) is 5.69 Å². The van der Waals surface area contributed by atoms with Crippen molar-refractivity contribution in [3.05, 3.63) is 65.2 Å². The van der Waals surface area contributed by atoms with E-state index in [2.05, 4.69) is 10.2 Å². The second-order valence-corrected chi connectivity index (χ2v) is 10.5. The van der Waals surface area contributed by atoms with Crippen LogP contribution >= 0.6 is 0 Å². The summed E-state index contributed by atoms with van der Waals surface area (Å²) in [6.07, 6.45) is 0.142. The van der Waals surface area contributed by atoms with E-state index in [1.165, 1.54) is 7.11 Å². The van der Waals surface area contributed by atoms with E-state index in [0.717, 1.165) is 60.5 Å². The maximum atomic E-state index is 13.2. The summed E-state index contributed by atoms with van der Waals surface area (Å²) in [7, 11) is 1.46. The zero-order valence-electron chi connectivity index (χ0n) is 22.6. The molecule has 3 aromatic rings. The molecule has 0 bridgehead atoms. The first-order chi connectivity index (χ1) is 18.2. The number of benzene rings is 3. The normalized spacial score (nSPS) is 14.3. The van der Waals surface area contributed by atoms with Crippen molar-refractivity contribution in [2.24, 2.45) is 5.73 Å².